The summed E-state index contributed by atoms with van der Waals surface area (Å²) in [5.74, 6) is 4.83. The highest BCUT2D eigenvalue weighted by Crippen LogP contribution is 2.70. The fourth-order valence-corrected chi connectivity index (χ4v) is 6.65. The van der Waals surface area contributed by atoms with Crippen LogP contribution in [0.15, 0.2) is 12.2 Å². The first-order valence-electron chi connectivity index (χ1n) is 7.90. The van der Waals surface area contributed by atoms with Gasteiger partial charge < -0.3 is 4.43 Å². The molecule has 4 bridgehead atoms. The Morgan fingerprint density at radius 2 is 1.89 bits per heavy atom. The van der Waals surface area contributed by atoms with E-state index in [2.05, 4.69) is 32.2 Å². The molecule has 3 fully saturated rings. The molecule has 7 unspecified atom stereocenters. The molecule has 0 aliphatic heterocycles. The van der Waals surface area contributed by atoms with E-state index in [9.17, 15) is 4.79 Å². The molecule has 104 valence electrons. The second-order valence-electron chi connectivity index (χ2n) is 7.78. The van der Waals surface area contributed by atoms with Gasteiger partial charge in [0, 0.05) is 0 Å². The van der Waals surface area contributed by atoms with Gasteiger partial charge in [0.05, 0.1) is 5.41 Å². The van der Waals surface area contributed by atoms with Gasteiger partial charge >= 0.3 is 0 Å². The molecule has 2 nitrogen and oxygen atoms in total. The van der Waals surface area contributed by atoms with Crippen LogP contribution in [0.2, 0.25) is 13.1 Å². The topological polar surface area (TPSA) is 26.3 Å². The molecule has 0 amide bonds. The molecule has 0 heterocycles. The number of allylic oxidation sites excluding steroid dienone is 2. The van der Waals surface area contributed by atoms with Crippen molar-refractivity contribution in [2.24, 2.45) is 40.9 Å². The zero-order chi connectivity index (χ0) is 13.4. The molecule has 0 aromatic rings. The molecular weight excluding hydrogens is 252 g/mol. The summed E-state index contributed by atoms with van der Waals surface area (Å²) in [7, 11) is -1.26. The van der Waals surface area contributed by atoms with Gasteiger partial charge in [-0.2, -0.15) is 0 Å². The highest BCUT2D eigenvalue weighted by atomic mass is 28.3. The van der Waals surface area contributed by atoms with Crippen LogP contribution < -0.4 is 0 Å². The second kappa shape index (κ2) is 3.75. The van der Waals surface area contributed by atoms with Crippen LogP contribution in [0.25, 0.3) is 0 Å². The van der Waals surface area contributed by atoms with Gasteiger partial charge in [-0.3, -0.25) is 4.79 Å². The molecule has 0 aromatic heterocycles. The highest BCUT2D eigenvalue weighted by Gasteiger charge is 2.66. The van der Waals surface area contributed by atoms with Crippen molar-refractivity contribution in [2.75, 3.05) is 0 Å². The monoisotopic (exact) mass is 276 g/mol. The zero-order valence-corrected chi connectivity index (χ0v) is 13.3. The molecule has 0 radical (unpaired) electrons. The molecule has 19 heavy (non-hydrogen) atoms. The molecule has 3 heteroatoms. The average molecular weight is 276 g/mol. The number of fused-ring (bicyclic) bond motifs is 9. The predicted octanol–water partition coefficient (Wildman–Crippen LogP) is 3.00. The highest BCUT2D eigenvalue weighted by molar-refractivity contribution is 6.50. The number of rotatable bonds is 2. The summed E-state index contributed by atoms with van der Waals surface area (Å²) in [5.41, 5.74) is -0.165. The van der Waals surface area contributed by atoms with Crippen LogP contribution in [0.3, 0.4) is 0 Å². The third-order valence-corrected chi connectivity index (χ3v) is 7.15. The van der Waals surface area contributed by atoms with Crippen molar-refractivity contribution in [1.82, 2.24) is 0 Å². The maximum Gasteiger partial charge on any atom is 0.298 e. The van der Waals surface area contributed by atoms with Crippen LogP contribution in [0.4, 0.5) is 0 Å². The van der Waals surface area contributed by atoms with E-state index in [1.54, 1.807) is 0 Å². The number of hydrogen-bond acceptors (Lipinski definition) is 2. The summed E-state index contributed by atoms with van der Waals surface area (Å²) < 4.78 is 5.70. The average Bonchev–Trinajstić information content (AvgIpc) is 3.04. The van der Waals surface area contributed by atoms with E-state index in [1.165, 1.54) is 12.8 Å². The Balaban J connectivity index is 1.62. The first kappa shape index (κ1) is 12.2. The third-order valence-electron chi connectivity index (χ3n) is 6.46. The van der Waals surface area contributed by atoms with Crippen LogP contribution >= 0.6 is 0 Å². The lowest BCUT2D eigenvalue weighted by Crippen LogP contribution is -2.44. The Kier molecular flexibility index (Phi) is 2.40. The first-order valence-corrected chi connectivity index (χ1v) is 10.7. The Morgan fingerprint density at radius 1 is 1.21 bits per heavy atom. The minimum Gasteiger partial charge on any atom is -0.522 e. The SMILES string of the molecule is C[SiH](C)OC(=O)C1(C)CC2CC1C1C3C=CC(C3)C21. The maximum atomic E-state index is 12.6. The van der Waals surface area contributed by atoms with Gasteiger partial charge in [0.2, 0.25) is 9.04 Å². The van der Waals surface area contributed by atoms with Crippen LogP contribution in [-0.2, 0) is 9.22 Å². The molecule has 4 rings (SSSR count). The summed E-state index contributed by atoms with van der Waals surface area (Å²) in [6.45, 7) is 6.39. The lowest BCUT2D eigenvalue weighted by atomic mass is 9.63. The molecule has 4 aliphatic rings. The molecule has 3 saturated carbocycles. The summed E-state index contributed by atoms with van der Waals surface area (Å²) in [4.78, 5) is 12.6. The molecule has 0 saturated heterocycles. The smallest absolute Gasteiger partial charge is 0.298 e. The number of carbonyl (C=O) groups excluding carboxylic acids is 1. The largest absolute Gasteiger partial charge is 0.522 e. The molecule has 0 spiro atoms. The molecular formula is C16H24O2Si. The van der Waals surface area contributed by atoms with Gasteiger partial charge in [-0.1, -0.05) is 12.2 Å². The van der Waals surface area contributed by atoms with Crippen molar-refractivity contribution in [3.8, 4) is 0 Å². The molecule has 0 N–H and O–H groups in total. The summed E-state index contributed by atoms with van der Waals surface area (Å²) in [6, 6.07) is 0. The van der Waals surface area contributed by atoms with E-state index < -0.39 is 9.04 Å². The van der Waals surface area contributed by atoms with Crippen LogP contribution in [-0.4, -0.2) is 15.0 Å². The minimum atomic E-state index is -1.26. The Bertz CT molecular complexity index is 458. The maximum absolute atomic E-state index is 12.6. The van der Waals surface area contributed by atoms with Gasteiger partial charge in [0.15, 0.2) is 0 Å². The van der Waals surface area contributed by atoms with Gasteiger partial charge in [-0.25, -0.2) is 0 Å². The zero-order valence-electron chi connectivity index (χ0n) is 12.1. The summed E-state index contributed by atoms with van der Waals surface area (Å²) in [5, 5.41) is 0. The van der Waals surface area contributed by atoms with Crippen molar-refractivity contribution < 1.29 is 9.22 Å². The fourth-order valence-electron chi connectivity index (χ4n) is 5.95. The van der Waals surface area contributed by atoms with Gasteiger partial charge in [0.1, 0.15) is 0 Å². The van der Waals surface area contributed by atoms with Gasteiger partial charge in [-0.15, -0.1) is 0 Å². The predicted molar refractivity (Wildman–Crippen MR) is 77.0 cm³/mol. The second-order valence-corrected chi connectivity index (χ2v) is 10.1. The van der Waals surface area contributed by atoms with Crippen molar-refractivity contribution in [3.05, 3.63) is 12.2 Å². The number of carbonyl (C=O) groups is 1. The lowest BCUT2D eigenvalue weighted by Gasteiger charge is -2.42. The van der Waals surface area contributed by atoms with E-state index in [0.29, 0.717) is 5.92 Å². The van der Waals surface area contributed by atoms with Gasteiger partial charge in [-0.05, 0) is 74.8 Å². The van der Waals surface area contributed by atoms with E-state index in [4.69, 9.17) is 4.43 Å². The molecule has 4 aliphatic carbocycles. The third kappa shape index (κ3) is 1.45. The quantitative estimate of drug-likeness (QED) is 0.440. The fraction of sp³-hybridized carbons (Fsp3) is 0.812. The van der Waals surface area contributed by atoms with Crippen LogP contribution in [0.1, 0.15) is 26.2 Å². The lowest BCUT2D eigenvalue weighted by molar-refractivity contribution is -0.150. The molecule has 7 atom stereocenters. The van der Waals surface area contributed by atoms with Crippen molar-refractivity contribution in [3.63, 3.8) is 0 Å². The van der Waals surface area contributed by atoms with E-state index in [1.807, 2.05) is 0 Å². The number of hydrogen-bond donors (Lipinski definition) is 0. The first-order chi connectivity index (χ1) is 9.00. The van der Waals surface area contributed by atoms with Crippen LogP contribution in [0, 0.1) is 40.9 Å². The Morgan fingerprint density at radius 3 is 2.58 bits per heavy atom. The van der Waals surface area contributed by atoms with E-state index >= 15 is 0 Å². The van der Waals surface area contributed by atoms with E-state index in [0.717, 1.165) is 36.0 Å². The minimum absolute atomic E-state index is 0.131. The van der Waals surface area contributed by atoms with Crippen LogP contribution in [0.5, 0.6) is 0 Å². The van der Waals surface area contributed by atoms with Gasteiger partial charge in [0.25, 0.3) is 5.97 Å². The standard InChI is InChI=1S/C16H24O2Si/c1-16(15(17)18-19(2)3)8-11-7-12(16)14-10-5-4-9(6-10)13(11)14/h4-5,9-14,19H,6-8H2,1-3H3. The molecule has 0 aromatic carbocycles. The van der Waals surface area contributed by atoms with Crippen molar-refractivity contribution in [2.45, 2.75) is 39.3 Å². The summed E-state index contributed by atoms with van der Waals surface area (Å²) in [6.07, 6.45) is 8.65. The normalized spacial score (nSPS) is 53.1. The van der Waals surface area contributed by atoms with Crippen molar-refractivity contribution >= 4 is 15.0 Å². The van der Waals surface area contributed by atoms with Crippen molar-refractivity contribution in [1.29, 1.82) is 0 Å². The Labute approximate surface area is 117 Å². The van der Waals surface area contributed by atoms with E-state index in [-0.39, 0.29) is 11.4 Å². The summed E-state index contributed by atoms with van der Waals surface area (Å²) >= 11 is 0. The Hall–Kier alpha value is -0.573.